The highest BCUT2D eigenvalue weighted by atomic mass is 32.2. The number of amides is 1. The van der Waals surface area contributed by atoms with E-state index >= 15 is 0 Å². The second-order valence-corrected chi connectivity index (χ2v) is 9.46. The van der Waals surface area contributed by atoms with Gasteiger partial charge in [-0.25, -0.2) is 13.1 Å². The Balaban J connectivity index is 1.44. The van der Waals surface area contributed by atoms with Gasteiger partial charge in [-0.15, -0.1) is 0 Å². The van der Waals surface area contributed by atoms with Gasteiger partial charge in [0, 0.05) is 24.2 Å². The van der Waals surface area contributed by atoms with Crippen LogP contribution in [0.3, 0.4) is 0 Å². The molecule has 3 N–H and O–H groups in total. The van der Waals surface area contributed by atoms with Crippen molar-refractivity contribution >= 4 is 15.9 Å². The fourth-order valence-corrected chi connectivity index (χ4v) is 5.55. The zero-order valence-electron chi connectivity index (χ0n) is 13.9. The summed E-state index contributed by atoms with van der Waals surface area (Å²) in [5.74, 6) is -0.138. The fraction of sp³-hybridized carbons (Fsp3) is 0.938. The van der Waals surface area contributed by atoms with Crippen LogP contribution in [-0.4, -0.2) is 44.2 Å². The topological polar surface area (TPSA) is 87.3 Å². The molecule has 0 radical (unpaired) electrons. The van der Waals surface area contributed by atoms with Crippen molar-refractivity contribution < 1.29 is 13.2 Å². The van der Waals surface area contributed by atoms with E-state index in [1.807, 2.05) is 0 Å². The molecule has 2 aliphatic heterocycles. The quantitative estimate of drug-likeness (QED) is 0.692. The lowest BCUT2D eigenvalue weighted by molar-refractivity contribution is -0.119. The highest BCUT2D eigenvalue weighted by molar-refractivity contribution is 7.90. The van der Waals surface area contributed by atoms with Gasteiger partial charge in [0.1, 0.15) is 5.75 Å². The maximum Gasteiger partial charge on any atom is 0.236 e. The predicted octanol–water partition coefficient (Wildman–Crippen LogP) is 0.884. The lowest BCUT2D eigenvalue weighted by Gasteiger charge is -2.30. The summed E-state index contributed by atoms with van der Waals surface area (Å²) in [5.41, 5.74) is 0. The first kappa shape index (κ1) is 17.2. The molecule has 0 aromatic heterocycles. The Kier molecular flexibility index (Phi) is 5.28. The van der Waals surface area contributed by atoms with Gasteiger partial charge in [-0.05, 0) is 57.3 Å². The number of carbonyl (C=O) groups excluding carboxylic acids is 1. The lowest BCUT2D eigenvalue weighted by Crippen LogP contribution is -2.50. The Morgan fingerprint density at radius 2 is 1.61 bits per heavy atom. The second-order valence-electron chi connectivity index (χ2n) is 7.71. The largest absolute Gasteiger partial charge is 0.352 e. The van der Waals surface area contributed by atoms with Crippen molar-refractivity contribution in [3.63, 3.8) is 0 Å². The Morgan fingerprint density at radius 3 is 2.22 bits per heavy atom. The number of fused-ring (bicyclic) bond motifs is 2. The van der Waals surface area contributed by atoms with Crippen molar-refractivity contribution in [1.29, 1.82) is 0 Å². The lowest BCUT2D eigenvalue weighted by atomic mass is 9.88. The highest BCUT2D eigenvalue weighted by Gasteiger charge is 2.34. The van der Waals surface area contributed by atoms with E-state index in [0.29, 0.717) is 18.0 Å². The Morgan fingerprint density at radius 1 is 1.00 bits per heavy atom. The van der Waals surface area contributed by atoms with E-state index < -0.39 is 15.8 Å². The molecule has 2 saturated heterocycles. The first-order valence-electron chi connectivity index (χ1n) is 8.95. The number of piperidine rings is 1. The predicted molar refractivity (Wildman–Crippen MR) is 89.5 cm³/mol. The van der Waals surface area contributed by atoms with Crippen molar-refractivity contribution in [3.05, 3.63) is 0 Å². The molecule has 2 bridgehead atoms. The smallest absolute Gasteiger partial charge is 0.236 e. The maximum absolute atomic E-state index is 12.2. The number of sulfonamides is 1. The molecule has 1 amide bonds. The van der Waals surface area contributed by atoms with E-state index in [1.165, 1.54) is 0 Å². The molecule has 2 unspecified atom stereocenters. The average Bonchev–Trinajstić information content (AvgIpc) is 2.79. The van der Waals surface area contributed by atoms with Crippen molar-refractivity contribution in [2.45, 2.75) is 82.5 Å². The summed E-state index contributed by atoms with van der Waals surface area (Å²) in [6, 6.07) is 1.08. The monoisotopic (exact) mass is 343 g/mol. The fourth-order valence-electron chi connectivity index (χ4n) is 4.29. The van der Waals surface area contributed by atoms with Gasteiger partial charge in [-0.2, -0.15) is 0 Å². The number of rotatable bonds is 5. The van der Waals surface area contributed by atoms with Crippen LogP contribution in [0.1, 0.15) is 58.3 Å². The Bertz CT molecular complexity index is 517. The van der Waals surface area contributed by atoms with Crippen LogP contribution >= 0.6 is 0 Å². The summed E-state index contributed by atoms with van der Waals surface area (Å²) in [5, 5.41) is 6.44. The number of hydrogen-bond acceptors (Lipinski definition) is 4. The van der Waals surface area contributed by atoms with E-state index in [4.69, 9.17) is 0 Å². The van der Waals surface area contributed by atoms with Gasteiger partial charge in [0.25, 0.3) is 0 Å². The van der Waals surface area contributed by atoms with Crippen molar-refractivity contribution in [2.75, 3.05) is 5.75 Å². The summed E-state index contributed by atoms with van der Waals surface area (Å²) >= 11 is 0. The molecular weight excluding hydrogens is 314 g/mol. The van der Waals surface area contributed by atoms with Crippen LogP contribution in [-0.2, 0) is 14.8 Å². The molecule has 0 aromatic rings. The molecule has 2 heterocycles. The van der Waals surface area contributed by atoms with Gasteiger partial charge in [-0.1, -0.05) is 6.92 Å². The number of nitrogens with one attached hydrogen (secondary N) is 3. The van der Waals surface area contributed by atoms with Crippen molar-refractivity contribution in [3.8, 4) is 0 Å². The van der Waals surface area contributed by atoms with Crippen LogP contribution in [0.4, 0.5) is 0 Å². The van der Waals surface area contributed by atoms with Crippen molar-refractivity contribution in [2.24, 2.45) is 5.92 Å². The third-order valence-electron chi connectivity index (χ3n) is 5.52. The third kappa shape index (κ3) is 4.90. The third-order valence-corrected chi connectivity index (χ3v) is 6.86. The first-order chi connectivity index (χ1) is 10.9. The molecule has 3 aliphatic rings. The molecular formula is C16H29N3O3S. The molecule has 3 rings (SSSR count). The number of carbonyl (C=O) groups is 1. The summed E-state index contributed by atoms with van der Waals surface area (Å²) in [4.78, 5) is 12.1. The minimum absolute atomic E-state index is 0.00118. The molecule has 6 nitrogen and oxygen atoms in total. The van der Waals surface area contributed by atoms with Gasteiger partial charge in [0.15, 0.2) is 0 Å². The van der Waals surface area contributed by atoms with Crippen LogP contribution in [0.15, 0.2) is 0 Å². The summed E-state index contributed by atoms with van der Waals surface area (Å²) in [6.07, 6.45) is 8.01. The zero-order chi connectivity index (χ0) is 16.4. The molecule has 132 valence electrons. The molecule has 0 spiro atoms. The molecule has 1 saturated carbocycles. The molecule has 23 heavy (non-hydrogen) atoms. The van der Waals surface area contributed by atoms with E-state index in [-0.39, 0.29) is 18.0 Å². The summed E-state index contributed by atoms with van der Waals surface area (Å²) in [6.45, 7) is 2.20. The highest BCUT2D eigenvalue weighted by Crippen LogP contribution is 2.27. The van der Waals surface area contributed by atoms with Crippen LogP contribution in [0.25, 0.3) is 0 Å². The van der Waals surface area contributed by atoms with Gasteiger partial charge in [-0.3, -0.25) is 4.79 Å². The van der Waals surface area contributed by atoms with E-state index in [0.717, 1.165) is 51.4 Å². The normalized spacial score (nSPS) is 37.5. The van der Waals surface area contributed by atoms with Crippen LogP contribution in [0, 0.1) is 5.92 Å². The van der Waals surface area contributed by atoms with Gasteiger partial charge < -0.3 is 10.6 Å². The number of hydrogen-bond donors (Lipinski definition) is 3. The Hall–Kier alpha value is -0.660. The average molecular weight is 343 g/mol. The maximum atomic E-state index is 12.2. The van der Waals surface area contributed by atoms with E-state index in [1.54, 1.807) is 0 Å². The van der Waals surface area contributed by atoms with Gasteiger partial charge in [0.2, 0.25) is 15.9 Å². The SMILES string of the molecule is CC1CCC(NS(=O)(=O)CC(=O)NC2CC3CCC(C2)N3)CC1. The van der Waals surface area contributed by atoms with E-state index in [2.05, 4.69) is 22.3 Å². The molecule has 7 heteroatoms. The second kappa shape index (κ2) is 7.07. The van der Waals surface area contributed by atoms with Crippen LogP contribution in [0.2, 0.25) is 0 Å². The Labute approximate surface area is 139 Å². The summed E-state index contributed by atoms with van der Waals surface area (Å²) < 4.78 is 27.1. The molecule has 2 atom stereocenters. The first-order valence-corrected chi connectivity index (χ1v) is 10.6. The standard InChI is InChI=1S/C16H29N3O3S/c1-11-2-4-12(5-3-11)19-23(21,22)10-16(20)18-15-8-13-6-7-14(9-15)17-13/h11-15,17,19H,2-10H2,1H3,(H,18,20). The van der Waals surface area contributed by atoms with Gasteiger partial charge >= 0.3 is 0 Å². The van der Waals surface area contributed by atoms with Crippen molar-refractivity contribution in [1.82, 2.24) is 15.4 Å². The minimum Gasteiger partial charge on any atom is -0.352 e. The molecule has 0 aromatic carbocycles. The zero-order valence-corrected chi connectivity index (χ0v) is 14.7. The molecule has 3 fully saturated rings. The molecule has 1 aliphatic carbocycles. The van der Waals surface area contributed by atoms with E-state index in [9.17, 15) is 13.2 Å². The van der Waals surface area contributed by atoms with Crippen LogP contribution in [0.5, 0.6) is 0 Å². The minimum atomic E-state index is -3.54. The van der Waals surface area contributed by atoms with Gasteiger partial charge in [0.05, 0.1) is 0 Å². The summed E-state index contributed by atoms with van der Waals surface area (Å²) in [7, 11) is -3.54. The van der Waals surface area contributed by atoms with Crippen LogP contribution < -0.4 is 15.4 Å².